The molecule has 7 heteroatoms. The Kier molecular flexibility index (Phi) is 2.43. The van der Waals surface area contributed by atoms with Crippen LogP contribution in [0.5, 0.6) is 11.5 Å². The molecule has 0 radical (unpaired) electrons. The molecular formula is C10H7FN2O4. The summed E-state index contributed by atoms with van der Waals surface area (Å²) in [6, 6.07) is 2.98. The Morgan fingerprint density at radius 2 is 2.06 bits per heavy atom. The van der Waals surface area contributed by atoms with Crippen LogP contribution in [0.2, 0.25) is 0 Å². The standard InChI is InChI=1S/C10H7FN2O4/c11-4-1-2-7(14)9(15)8(4)5-3-6(10(16)17)13-12-5/h1-3,14-15H,(H,12,13)(H,16,17). The van der Waals surface area contributed by atoms with Gasteiger partial charge in [0.15, 0.2) is 11.5 Å². The summed E-state index contributed by atoms with van der Waals surface area (Å²) < 4.78 is 13.5. The molecule has 0 aliphatic heterocycles. The fourth-order valence-electron chi connectivity index (χ4n) is 1.36. The van der Waals surface area contributed by atoms with Gasteiger partial charge in [-0.15, -0.1) is 0 Å². The number of hydrogen-bond donors (Lipinski definition) is 4. The van der Waals surface area contributed by atoms with E-state index in [1.165, 1.54) is 0 Å². The highest BCUT2D eigenvalue weighted by Crippen LogP contribution is 2.37. The van der Waals surface area contributed by atoms with Crippen molar-refractivity contribution in [2.24, 2.45) is 0 Å². The van der Waals surface area contributed by atoms with Crippen molar-refractivity contribution in [3.8, 4) is 22.8 Å². The molecule has 0 aliphatic carbocycles. The van der Waals surface area contributed by atoms with E-state index in [-0.39, 0.29) is 17.0 Å². The maximum Gasteiger partial charge on any atom is 0.353 e. The van der Waals surface area contributed by atoms with Crippen molar-refractivity contribution in [2.45, 2.75) is 0 Å². The van der Waals surface area contributed by atoms with E-state index in [0.717, 1.165) is 18.2 Å². The first-order chi connectivity index (χ1) is 8.00. The molecule has 1 aromatic heterocycles. The summed E-state index contributed by atoms with van der Waals surface area (Å²) in [7, 11) is 0. The lowest BCUT2D eigenvalue weighted by Gasteiger charge is -2.04. The number of rotatable bonds is 2. The number of phenolic OH excluding ortho intramolecular Hbond substituents is 2. The van der Waals surface area contributed by atoms with Gasteiger partial charge in [-0.2, -0.15) is 5.10 Å². The lowest BCUT2D eigenvalue weighted by atomic mass is 10.1. The van der Waals surface area contributed by atoms with E-state index in [9.17, 15) is 19.4 Å². The van der Waals surface area contributed by atoms with Crippen molar-refractivity contribution in [3.63, 3.8) is 0 Å². The van der Waals surface area contributed by atoms with Gasteiger partial charge in [-0.1, -0.05) is 0 Å². The average Bonchev–Trinajstić information content (AvgIpc) is 2.73. The Balaban J connectivity index is 2.60. The number of benzene rings is 1. The number of aromatic hydroxyl groups is 2. The maximum atomic E-state index is 13.5. The number of aromatic carboxylic acids is 1. The van der Waals surface area contributed by atoms with Gasteiger partial charge < -0.3 is 15.3 Å². The number of halogens is 1. The van der Waals surface area contributed by atoms with Gasteiger partial charge in [0.2, 0.25) is 0 Å². The smallest absolute Gasteiger partial charge is 0.353 e. The molecule has 4 N–H and O–H groups in total. The van der Waals surface area contributed by atoms with E-state index in [1.807, 2.05) is 0 Å². The molecule has 17 heavy (non-hydrogen) atoms. The third-order valence-corrected chi connectivity index (χ3v) is 2.17. The van der Waals surface area contributed by atoms with E-state index in [2.05, 4.69) is 10.2 Å². The number of aromatic amines is 1. The van der Waals surface area contributed by atoms with Gasteiger partial charge in [-0.3, -0.25) is 5.10 Å². The lowest BCUT2D eigenvalue weighted by molar-refractivity contribution is 0.0690. The monoisotopic (exact) mass is 238 g/mol. The summed E-state index contributed by atoms with van der Waals surface area (Å²) >= 11 is 0. The first-order valence-corrected chi connectivity index (χ1v) is 4.50. The number of nitrogens with zero attached hydrogens (tertiary/aromatic N) is 1. The minimum Gasteiger partial charge on any atom is -0.504 e. The van der Waals surface area contributed by atoms with Crippen LogP contribution < -0.4 is 0 Å². The van der Waals surface area contributed by atoms with Crippen LogP contribution in [0, 0.1) is 5.82 Å². The Morgan fingerprint density at radius 1 is 1.35 bits per heavy atom. The second kappa shape index (κ2) is 3.78. The molecule has 0 amide bonds. The predicted octanol–water partition coefficient (Wildman–Crippen LogP) is 1.33. The third kappa shape index (κ3) is 1.78. The van der Waals surface area contributed by atoms with Crippen molar-refractivity contribution >= 4 is 5.97 Å². The SMILES string of the molecule is O=C(O)c1cc(-c2c(F)ccc(O)c2O)n[nH]1. The molecule has 0 unspecified atom stereocenters. The molecular weight excluding hydrogens is 231 g/mol. The molecule has 0 fully saturated rings. The molecule has 2 rings (SSSR count). The van der Waals surface area contributed by atoms with Crippen molar-refractivity contribution in [1.82, 2.24) is 10.2 Å². The highest BCUT2D eigenvalue weighted by atomic mass is 19.1. The van der Waals surface area contributed by atoms with Crippen molar-refractivity contribution in [1.29, 1.82) is 0 Å². The van der Waals surface area contributed by atoms with Crippen LogP contribution in [0.1, 0.15) is 10.5 Å². The second-order valence-corrected chi connectivity index (χ2v) is 3.26. The Hall–Kier alpha value is -2.57. The second-order valence-electron chi connectivity index (χ2n) is 3.26. The largest absolute Gasteiger partial charge is 0.504 e. The normalized spacial score (nSPS) is 10.4. The Morgan fingerprint density at radius 3 is 2.65 bits per heavy atom. The maximum absolute atomic E-state index is 13.5. The molecule has 0 bridgehead atoms. The Labute approximate surface area is 94.0 Å². The van der Waals surface area contributed by atoms with Gasteiger partial charge >= 0.3 is 5.97 Å². The molecule has 2 aromatic rings. The number of carboxylic acids is 1. The van der Waals surface area contributed by atoms with Crippen molar-refractivity contribution in [2.75, 3.05) is 0 Å². The first-order valence-electron chi connectivity index (χ1n) is 4.50. The zero-order chi connectivity index (χ0) is 12.6. The highest BCUT2D eigenvalue weighted by Gasteiger charge is 2.18. The zero-order valence-corrected chi connectivity index (χ0v) is 8.31. The molecule has 0 aliphatic rings. The van der Waals surface area contributed by atoms with Crippen molar-refractivity contribution in [3.05, 3.63) is 29.7 Å². The molecule has 0 spiro atoms. The predicted molar refractivity (Wildman–Crippen MR) is 54.3 cm³/mol. The van der Waals surface area contributed by atoms with E-state index < -0.39 is 23.3 Å². The summed E-state index contributed by atoms with van der Waals surface area (Å²) in [5.74, 6) is -3.28. The lowest BCUT2D eigenvalue weighted by Crippen LogP contribution is -1.95. The van der Waals surface area contributed by atoms with Crippen molar-refractivity contribution < 1.29 is 24.5 Å². The van der Waals surface area contributed by atoms with Crippen LogP contribution >= 0.6 is 0 Å². The van der Waals surface area contributed by atoms with Gasteiger partial charge in [0, 0.05) is 0 Å². The van der Waals surface area contributed by atoms with E-state index >= 15 is 0 Å². The van der Waals surface area contributed by atoms with Gasteiger partial charge in [-0.05, 0) is 18.2 Å². The number of carbonyl (C=O) groups is 1. The molecule has 1 aromatic carbocycles. The molecule has 0 saturated carbocycles. The van der Waals surface area contributed by atoms with Gasteiger partial charge in [0.1, 0.15) is 11.5 Å². The number of H-pyrrole nitrogens is 1. The van der Waals surface area contributed by atoms with Crippen LogP contribution in [0.4, 0.5) is 4.39 Å². The molecule has 0 atom stereocenters. The van der Waals surface area contributed by atoms with Crippen LogP contribution in [0.25, 0.3) is 11.3 Å². The summed E-state index contributed by atoms with van der Waals surface area (Å²) in [4.78, 5) is 10.6. The summed E-state index contributed by atoms with van der Waals surface area (Å²) in [6.07, 6.45) is 0. The van der Waals surface area contributed by atoms with Gasteiger partial charge in [0.25, 0.3) is 0 Å². The first kappa shape index (κ1) is 10.9. The topological polar surface area (TPSA) is 106 Å². The molecule has 0 saturated heterocycles. The van der Waals surface area contributed by atoms with E-state index in [4.69, 9.17) is 5.11 Å². The quantitative estimate of drug-likeness (QED) is 0.590. The molecule has 1 heterocycles. The fourth-order valence-corrected chi connectivity index (χ4v) is 1.36. The van der Waals surface area contributed by atoms with Crippen LogP contribution in [0.3, 0.4) is 0 Å². The average molecular weight is 238 g/mol. The number of carboxylic acid groups (broad SMARTS) is 1. The summed E-state index contributed by atoms with van der Waals surface area (Å²) in [5, 5.41) is 33.1. The highest BCUT2D eigenvalue weighted by molar-refractivity contribution is 5.87. The number of aromatic nitrogens is 2. The third-order valence-electron chi connectivity index (χ3n) is 2.17. The minimum atomic E-state index is -1.26. The summed E-state index contributed by atoms with van der Waals surface area (Å²) in [5.41, 5.74) is -0.704. The fraction of sp³-hybridized carbons (Fsp3) is 0. The van der Waals surface area contributed by atoms with Crippen LogP contribution in [-0.4, -0.2) is 31.5 Å². The van der Waals surface area contributed by atoms with E-state index in [0.29, 0.717) is 0 Å². The number of nitrogens with one attached hydrogen (secondary N) is 1. The minimum absolute atomic E-state index is 0.103. The number of hydrogen-bond acceptors (Lipinski definition) is 4. The zero-order valence-electron chi connectivity index (χ0n) is 8.31. The summed E-state index contributed by atoms with van der Waals surface area (Å²) in [6.45, 7) is 0. The molecule has 88 valence electrons. The Bertz CT molecular complexity index is 594. The number of phenols is 2. The molecule has 6 nitrogen and oxygen atoms in total. The van der Waals surface area contributed by atoms with Gasteiger partial charge in [-0.25, -0.2) is 9.18 Å². The van der Waals surface area contributed by atoms with Crippen LogP contribution in [0.15, 0.2) is 18.2 Å². The van der Waals surface area contributed by atoms with Crippen LogP contribution in [-0.2, 0) is 0 Å². The van der Waals surface area contributed by atoms with E-state index in [1.54, 1.807) is 0 Å². The van der Waals surface area contributed by atoms with Gasteiger partial charge in [0.05, 0.1) is 11.3 Å².